The fraction of sp³-hybridized carbons (Fsp3) is 0.372. The van der Waals surface area contributed by atoms with Gasteiger partial charge in [-0.05, 0) is 89.2 Å². The van der Waals surface area contributed by atoms with Crippen LogP contribution in [0.25, 0.3) is 32.4 Å². The Bertz CT molecular complexity index is 2140. The molecule has 50 heavy (non-hydrogen) atoms. The SMILES string of the molecule is CC[C@H]1CN2CC[C@H]1CC2[C@@H](Oc1ccc(O[C@H](c2cccc3cc4ccccc4cc23)C(C)(C)C)nn1)c1ccnc2ccc(OC)cc12. The lowest BCUT2D eigenvalue weighted by atomic mass is 9.72. The van der Waals surface area contributed by atoms with E-state index in [2.05, 4.69) is 115 Å². The van der Waals surface area contributed by atoms with Crippen LogP contribution in [0.2, 0.25) is 0 Å². The number of methoxy groups -OCH3 is 1. The van der Waals surface area contributed by atoms with Crippen molar-refractivity contribution in [2.45, 2.75) is 65.2 Å². The fourth-order valence-corrected chi connectivity index (χ4v) is 8.44. The Labute approximate surface area is 294 Å². The Morgan fingerprint density at radius 1 is 0.800 bits per heavy atom. The predicted octanol–water partition coefficient (Wildman–Crippen LogP) is 9.75. The monoisotopic (exact) mass is 666 g/mol. The number of hydrogen-bond acceptors (Lipinski definition) is 7. The highest BCUT2D eigenvalue weighted by Crippen LogP contribution is 2.45. The molecule has 4 aromatic carbocycles. The van der Waals surface area contributed by atoms with Gasteiger partial charge in [0.25, 0.3) is 0 Å². The van der Waals surface area contributed by atoms with Crippen LogP contribution >= 0.6 is 0 Å². The summed E-state index contributed by atoms with van der Waals surface area (Å²) in [7, 11) is 1.70. The van der Waals surface area contributed by atoms with Crippen molar-refractivity contribution in [3.8, 4) is 17.5 Å². The molecule has 3 aliphatic rings. The van der Waals surface area contributed by atoms with Crippen molar-refractivity contribution in [1.82, 2.24) is 20.1 Å². The minimum absolute atomic E-state index is 0.212. The standard InChI is InChI=1S/C43H46N4O3/c1-6-27-26-47-21-19-30(27)24-38(47)41(33-18-20-44-37-15-14-32(48-5)25-36(33)37)49-39-16-17-40(46-45-39)50-42(43(2,3)4)34-13-9-12-31-22-28-10-7-8-11-29(28)23-35(31)34/h7-18,20,22-23,25,27,30,38,41-42H,6,19,21,24,26H2,1-5H3/t27-,30-,38?,41-,42+/m0/s1. The van der Waals surface area contributed by atoms with Gasteiger partial charge >= 0.3 is 0 Å². The first-order chi connectivity index (χ1) is 24.3. The maximum absolute atomic E-state index is 6.91. The van der Waals surface area contributed by atoms with E-state index in [0.29, 0.717) is 17.7 Å². The second-order valence-electron chi connectivity index (χ2n) is 15.2. The molecule has 6 aromatic rings. The molecule has 3 aliphatic heterocycles. The van der Waals surface area contributed by atoms with Crippen molar-refractivity contribution in [3.63, 3.8) is 0 Å². The first kappa shape index (κ1) is 32.5. The summed E-state index contributed by atoms with van der Waals surface area (Å²) in [5.41, 5.74) is 2.94. The molecule has 0 saturated carbocycles. The first-order valence-electron chi connectivity index (χ1n) is 18.0. The zero-order valence-electron chi connectivity index (χ0n) is 29.7. The van der Waals surface area contributed by atoms with Crippen molar-refractivity contribution < 1.29 is 14.2 Å². The molecule has 256 valence electrons. The Kier molecular flexibility index (Phi) is 8.55. The second-order valence-corrected chi connectivity index (χ2v) is 15.2. The van der Waals surface area contributed by atoms with Gasteiger partial charge < -0.3 is 14.2 Å². The molecule has 3 fully saturated rings. The lowest BCUT2D eigenvalue weighted by Gasteiger charge is -2.51. The molecule has 0 radical (unpaired) electrons. The maximum atomic E-state index is 6.91. The van der Waals surface area contributed by atoms with E-state index in [9.17, 15) is 0 Å². The minimum atomic E-state index is -0.253. The number of hydrogen-bond donors (Lipinski definition) is 0. The van der Waals surface area contributed by atoms with E-state index in [1.807, 2.05) is 30.5 Å². The summed E-state index contributed by atoms with van der Waals surface area (Å²) >= 11 is 0. The van der Waals surface area contributed by atoms with Gasteiger partial charge in [0.1, 0.15) is 18.0 Å². The summed E-state index contributed by atoms with van der Waals surface area (Å²) in [6.45, 7) is 11.1. The fourth-order valence-electron chi connectivity index (χ4n) is 8.44. The maximum Gasteiger partial charge on any atom is 0.234 e. The van der Waals surface area contributed by atoms with Crippen LogP contribution in [-0.2, 0) is 0 Å². The van der Waals surface area contributed by atoms with E-state index in [1.165, 1.54) is 34.4 Å². The average molecular weight is 667 g/mol. The number of piperidine rings is 3. The highest BCUT2D eigenvalue weighted by molar-refractivity contribution is 5.99. The molecule has 0 spiro atoms. The molecule has 2 unspecified atom stereocenters. The number of ether oxygens (including phenoxy) is 3. The topological polar surface area (TPSA) is 69.6 Å². The van der Waals surface area contributed by atoms with Crippen LogP contribution in [0.4, 0.5) is 0 Å². The molecule has 3 saturated heterocycles. The van der Waals surface area contributed by atoms with Crippen LogP contribution in [0, 0.1) is 17.3 Å². The van der Waals surface area contributed by atoms with Crippen molar-refractivity contribution in [3.05, 3.63) is 108 Å². The summed E-state index contributed by atoms with van der Waals surface area (Å²) in [5, 5.41) is 15.1. The van der Waals surface area contributed by atoms with Gasteiger partial charge in [0, 0.05) is 46.8 Å². The second kappa shape index (κ2) is 13.2. The summed E-state index contributed by atoms with van der Waals surface area (Å²) in [5.74, 6) is 3.19. The Morgan fingerprint density at radius 3 is 2.26 bits per heavy atom. The Balaban J connectivity index is 1.12. The van der Waals surface area contributed by atoms with Gasteiger partial charge in [0.05, 0.1) is 18.7 Å². The molecule has 5 heterocycles. The quantitative estimate of drug-likeness (QED) is 0.142. The molecule has 7 nitrogen and oxygen atoms in total. The predicted molar refractivity (Wildman–Crippen MR) is 200 cm³/mol. The molecular weight excluding hydrogens is 620 g/mol. The van der Waals surface area contributed by atoms with Crippen LogP contribution < -0.4 is 14.2 Å². The third-order valence-electron chi connectivity index (χ3n) is 11.1. The lowest BCUT2D eigenvalue weighted by molar-refractivity contribution is -0.0496. The molecule has 9 rings (SSSR count). The van der Waals surface area contributed by atoms with Crippen molar-refractivity contribution >= 4 is 32.4 Å². The average Bonchev–Trinajstić information content (AvgIpc) is 3.14. The van der Waals surface area contributed by atoms with Gasteiger partial charge in [-0.15, -0.1) is 10.2 Å². The van der Waals surface area contributed by atoms with Crippen LogP contribution in [0.15, 0.2) is 97.2 Å². The van der Waals surface area contributed by atoms with E-state index < -0.39 is 0 Å². The summed E-state index contributed by atoms with van der Waals surface area (Å²) < 4.78 is 19.3. The molecule has 0 N–H and O–H groups in total. The van der Waals surface area contributed by atoms with E-state index in [4.69, 9.17) is 14.2 Å². The summed E-state index contributed by atoms with van der Waals surface area (Å²) in [6.07, 6.45) is 4.95. The molecular formula is C43H46N4O3. The summed E-state index contributed by atoms with van der Waals surface area (Å²) in [4.78, 5) is 7.31. The molecule has 7 heteroatoms. The van der Waals surface area contributed by atoms with Crippen molar-refractivity contribution in [2.75, 3.05) is 20.2 Å². The van der Waals surface area contributed by atoms with Crippen molar-refractivity contribution in [1.29, 1.82) is 0 Å². The van der Waals surface area contributed by atoms with Crippen LogP contribution in [-0.4, -0.2) is 46.3 Å². The highest BCUT2D eigenvalue weighted by Gasteiger charge is 2.44. The third-order valence-corrected chi connectivity index (χ3v) is 11.1. The zero-order valence-corrected chi connectivity index (χ0v) is 29.7. The van der Waals surface area contributed by atoms with Gasteiger partial charge in [-0.2, -0.15) is 0 Å². The number of fused-ring (bicyclic) bond motifs is 6. The minimum Gasteiger partial charge on any atom is -0.497 e. The number of nitrogens with zero attached hydrogens (tertiary/aromatic N) is 4. The van der Waals surface area contributed by atoms with Gasteiger partial charge in [-0.25, -0.2) is 0 Å². The lowest BCUT2D eigenvalue weighted by Crippen LogP contribution is -2.56. The Hall–Kier alpha value is -4.75. The summed E-state index contributed by atoms with van der Waals surface area (Å²) in [6, 6.07) is 31.7. The molecule has 2 aromatic heterocycles. The van der Waals surface area contributed by atoms with E-state index in [1.54, 1.807) is 7.11 Å². The number of rotatable bonds is 9. The van der Waals surface area contributed by atoms with Crippen LogP contribution in [0.1, 0.15) is 70.3 Å². The van der Waals surface area contributed by atoms with E-state index >= 15 is 0 Å². The Morgan fingerprint density at radius 2 is 1.56 bits per heavy atom. The first-order valence-corrected chi connectivity index (χ1v) is 18.0. The van der Waals surface area contributed by atoms with Gasteiger partial charge in [-0.1, -0.05) is 76.6 Å². The molecule has 2 bridgehead atoms. The van der Waals surface area contributed by atoms with Crippen molar-refractivity contribution in [2.24, 2.45) is 17.3 Å². The third kappa shape index (κ3) is 6.13. The molecule has 0 aliphatic carbocycles. The normalized spacial score (nSPS) is 21.7. The number of pyridine rings is 1. The van der Waals surface area contributed by atoms with E-state index in [0.717, 1.165) is 53.2 Å². The molecule has 6 atom stereocenters. The van der Waals surface area contributed by atoms with Gasteiger partial charge in [0.15, 0.2) is 0 Å². The van der Waals surface area contributed by atoms with Crippen LogP contribution in [0.3, 0.4) is 0 Å². The van der Waals surface area contributed by atoms with E-state index in [-0.39, 0.29) is 23.7 Å². The molecule has 0 amide bonds. The van der Waals surface area contributed by atoms with Crippen LogP contribution in [0.5, 0.6) is 17.5 Å². The largest absolute Gasteiger partial charge is 0.497 e. The highest BCUT2D eigenvalue weighted by atomic mass is 16.5. The number of aromatic nitrogens is 3. The smallest absolute Gasteiger partial charge is 0.234 e. The van der Waals surface area contributed by atoms with Gasteiger partial charge in [0.2, 0.25) is 11.8 Å². The zero-order chi connectivity index (χ0) is 34.4. The number of benzene rings is 4. The van der Waals surface area contributed by atoms with Gasteiger partial charge in [-0.3, -0.25) is 9.88 Å².